The molecule has 0 fully saturated rings. The van der Waals surface area contributed by atoms with Gasteiger partial charge >= 0.3 is 0 Å². The fourth-order valence-electron chi connectivity index (χ4n) is 2.90. The molecule has 0 aliphatic carbocycles. The van der Waals surface area contributed by atoms with Crippen LogP contribution in [0.2, 0.25) is 0 Å². The van der Waals surface area contributed by atoms with Crippen molar-refractivity contribution in [3.8, 4) is 11.5 Å². The van der Waals surface area contributed by atoms with Gasteiger partial charge in [0.25, 0.3) is 0 Å². The zero-order chi connectivity index (χ0) is 23.5. The number of rotatable bonds is 11. The van der Waals surface area contributed by atoms with Crippen molar-refractivity contribution < 1.29 is 19.1 Å². The summed E-state index contributed by atoms with van der Waals surface area (Å²) >= 11 is 1.27. The lowest BCUT2D eigenvalue weighted by Crippen LogP contribution is -2.25. The number of hydrogen-bond acceptors (Lipinski definition) is 6. The van der Waals surface area contributed by atoms with Gasteiger partial charge in [-0.25, -0.2) is 0 Å². The maximum Gasteiger partial charge on any atom is 0.234 e. The topological polar surface area (TPSA) is 89.5 Å². The van der Waals surface area contributed by atoms with Gasteiger partial charge in [-0.15, -0.1) is 11.8 Å². The zero-order valence-corrected chi connectivity index (χ0v) is 19.5. The normalized spacial score (nSPS) is 10.4. The van der Waals surface area contributed by atoms with Crippen molar-refractivity contribution >= 4 is 29.3 Å². The minimum atomic E-state index is -0.139. The minimum absolute atomic E-state index is 0.135. The lowest BCUT2D eigenvalue weighted by atomic mass is 10.2. The highest BCUT2D eigenvalue weighted by Gasteiger charge is 2.09. The van der Waals surface area contributed by atoms with E-state index in [4.69, 9.17) is 9.47 Å². The number of amides is 2. The quantitative estimate of drug-likeness (QED) is 0.446. The molecule has 0 atom stereocenters. The highest BCUT2D eigenvalue weighted by molar-refractivity contribution is 8.00. The first kappa shape index (κ1) is 24.1. The van der Waals surface area contributed by atoms with Crippen LogP contribution in [0.25, 0.3) is 0 Å². The average molecular weight is 466 g/mol. The van der Waals surface area contributed by atoms with Crippen LogP contribution in [0, 0.1) is 6.92 Å². The number of aromatic nitrogens is 1. The van der Waals surface area contributed by atoms with Gasteiger partial charge in [-0.2, -0.15) is 0 Å². The number of carbonyl (C=O) groups excluding carboxylic acids is 2. The number of nitrogens with one attached hydrogen (secondary N) is 2. The molecule has 2 N–H and O–H groups in total. The highest BCUT2D eigenvalue weighted by atomic mass is 32.2. The Morgan fingerprint density at radius 2 is 1.64 bits per heavy atom. The molecule has 0 spiro atoms. The van der Waals surface area contributed by atoms with E-state index in [9.17, 15) is 9.59 Å². The summed E-state index contributed by atoms with van der Waals surface area (Å²) in [6, 6.07) is 16.9. The van der Waals surface area contributed by atoms with Gasteiger partial charge in [-0.05, 0) is 54.4 Å². The maximum atomic E-state index is 12.1. The molecule has 3 aromatic rings. The molecule has 2 aromatic carbocycles. The molecule has 172 valence electrons. The van der Waals surface area contributed by atoms with Crippen LogP contribution < -0.4 is 20.1 Å². The van der Waals surface area contributed by atoms with Crippen molar-refractivity contribution in [1.82, 2.24) is 10.3 Å². The molecule has 7 nitrogen and oxygen atoms in total. The van der Waals surface area contributed by atoms with Gasteiger partial charge in [0.2, 0.25) is 11.8 Å². The molecule has 1 aromatic heterocycles. The Bertz CT molecular complexity index is 1060. The Balaban J connectivity index is 1.40. The van der Waals surface area contributed by atoms with Crippen molar-refractivity contribution in [2.75, 3.05) is 23.9 Å². The van der Waals surface area contributed by atoms with Gasteiger partial charge in [-0.3, -0.25) is 14.6 Å². The van der Waals surface area contributed by atoms with E-state index in [0.717, 1.165) is 22.4 Å². The summed E-state index contributed by atoms with van der Waals surface area (Å²) in [7, 11) is 1.58. The van der Waals surface area contributed by atoms with Crippen LogP contribution in [0.1, 0.15) is 16.7 Å². The van der Waals surface area contributed by atoms with Crippen LogP contribution in [0.3, 0.4) is 0 Å². The molecule has 0 saturated carbocycles. The standard InChI is InChI=1S/C25H27N3O4S/c1-18-3-6-21(7-4-18)28-25(30)17-33-16-24(29)27-14-20-5-8-22(23(13-20)31-2)32-15-19-9-11-26-12-10-19/h3-13H,14-17H2,1-2H3,(H,27,29)(H,28,30). The number of pyridine rings is 1. The molecule has 0 aliphatic heterocycles. The van der Waals surface area contributed by atoms with E-state index in [2.05, 4.69) is 15.6 Å². The number of benzene rings is 2. The third-order valence-corrected chi connectivity index (χ3v) is 5.60. The predicted octanol–water partition coefficient (Wildman–Crippen LogP) is 3.97. The molecule has 0 unspecified atom stereocenters. The lowest BCUT2D eigenvalue weighted by molar-refractivity contribution is -0.118. The van der Waals surface area contributed by atoms with E-state index in [1.165, 1.54) is 11.8 Å². The summed E-state index contributed by atoms with van der Waals surface area (Å²) in [5, 5.41) is 5.68. The smallest absolute Gasteiger partial charge is 0.234 e. The molecule has 3 rings (SSSR count). The van der Waals surface area contributed by atoms with E-state index in [0.29, 0.717) is 24.7 Å². The van der Waals surface area contributed by atoms with E-state index in [-0.39, 0.29) is 23.3 Å². The van der Waals surface area contributed by atoms with E-state index >= 15 is 0 Å². The maximum absolute atomic E-state index is 12.1. The predicted molar refractivity (Wildman–Crippen MR) is 131 cm³/mol. The van der Waals surface area contributed by atoms with Crippen molar-refractivity contribution in [2.24, 2.45) is 0 Å². The first-order valence-electron chi connectivity index (χ1n) is 10.4. The number of anilines is 1. The van der Waals surface area contributed by atoms with Gasteiger partial charge in [-0.1, -0.05) is 23.8 Å². The van der Waals surface area contributed by atoms with Gasteiger partial charge in [0, 0.05) is 24.6 Å². The van der Waals surface area contributed by atoms with Gasteiger partial charge < -0.3 is 20.1 Å². The lowest BCUT2D eigenvalue weighted by Gasteiger charge is -2.13. The van der Waals surface area contributed by atoms with Crippen molar-refractivity contribution in [3.63, 3.8) is 0 Å². The SMILES string of the molecule is COc1cc(CNC(=O)CSCC(=O)Nc2ccc(C)cc2)ccc1OCc1ccncc1. The van der Waals surface area contributed by atoms with Crippen LogP contribution in [0.4, 0.5) is 5.69 Å². The van der Waals surface area contributed by atoms with Crippen LogP contribution in [-0.2, 0) is 22.7 Å². The Morgan fingerprint density at radius 1 is 0.909 bits per heavy atom. The number of methoxy groups -OCH3 is 1. The molecule has 0 bridgehead atoms. The molecule has 0 saturated heterocycles. The summed E-state index contributed by atoms with van der Waals surface area (Å²) in [6.07, 6.45) is 3.44. The average Bonchev–Trinajstić information content (AvgIpc) is 2.83. The van der Waals surface area contributed by atoms with Crippen molar-refractivity contribution in [2.45, 2.75) is 20.1 Å². The Kier molecular flexibility index (Phi) is 9.14. The summed E-state index contributed by atoms with van der Waals surface area (Å²) in [4.78, 5) is 28.2. The van der Waals surface area contributed by atoms with Crippen LogP contribution >= 0.6 is 11.8 Å². The minimum Gasteiger partial charge on any atom is -0.493 e. The molecule has 33 heavy (non-hydrogen) atoms. The largest absolute Gasteiger partial charge is 0.493 e. The van der Waals surface area contributed by atoms with E-state index in [1.54, 1.807) is 19.5 Å². The molecule has 0 radical (unpaired) electrons. The Hall–Kier alpha value is -3.52. The van der Waals surface area contributed by atoms with Crippen LogP contribution in [0.15, 0.2) is 67.0 Å². The van der Waals surface area contributed by atoms with Crippen LogP contribution in [0.5, 0.6) is 11.5 Å². The second-order valence-corrected chi connectivity index (χ2v) is 8.30. The molecule has 1 heterocycles. The van der Waals surface area contributed by atoms with Gasteiger partial charge in [0.05, 0.1) is 18.6 Å². The van der Waals surface area contributed by atoms with Crippen LogP contribution in [-0.4, -0.2) is 35.4 Å². The van der Waals surface area contributed by atoms with E-state index in [1.807, 2.05) is 61.5 Å². The van der Waals surface area contributed by atoms with Gasteiger partial charge in [0.15, 0.2) is 11.5 Å². The second-order valence-electron chi connectivity index (χ2n) is 7.31. The third kappa shape index (κ3) is 8.16. The summed E-state index contributed by atoms with van der Waals surface area (Å²) in [5.41, 5.74) is 3.77. The first-order valence-corrected chi connectivity index (χ1v) is 11.6. The zero-order valence-electron chi connectivity index (χ0n) is 18.7. The number of ether oxygens (including phenoxy) is 2. The molecule has 8 heteroatoms. The van der Waals surface area contributed by atoms with Gasteiger partial charge in [0.1, 0.15) is 6.61 Å². The highest BCUT2D eigenvalue weighted by Crippen LogP contribution is 2.28. The third-order valence-electron chi connectivity index (χ3n) is 4.66. The van der Waals surface area contributed by atoms with E-state index < -0.39 is 0 Å². The fourth-order valence-corrected chi connectivity index (χ4v) is 3.55. The van der Waals surface area contributed by atoms with Crippen molar-refractivity contribution in [3.05, 3.63) is 83.7 Å². The Labute approximate surface area is 197 Å². The summed E-state index contributed by atoms with van der Waals surface area (Å²) in [5.74, 6) is 1.35. The number of carbonyl (C=O) groups is 2. The monoisotopic (exact) mass is 465 g/mol. The summed E-state index contributed by atoms with van der Waals surface area (Å²) < 4.78 is 11.3. The number of thioether (sulfide) groups is 1. The van der Waals surface area contributed by atoms with Crippen molar-refractivity contribution in [1.29, 1.82) is 0 Å². The molecular formula is C25H27N3O4S. The number of aryl methyl sites for hydroxylation is 1. The number of hydrogen-bond donors (Lipinski definition) is 2. The Morgan fingerprint density at radius 3 is 2.36 bits per heavy atom. The molecule has 0 aliphatic rings. The number of nitrogens with zero attached hydrogens (tertiary/aromatic N) is 1. The molecule has 2 amide bonds. The fraction of sp³-hybridized carbons (Fsp3) is 0.240. The first-order chi connectivity index (χ1) is 16.0. The second kappa shape index (κ2) is 12.5. The molecular weight excluding hydrogens is 438 g/mol. The summed E-state index contributed by atoms with van der Waals surface area (Å²) in [6.45, 7) is 2.75.